The van der Waals surface area contributed by atoms with Gasteiger partial charge in [0, 0.05) is 6.42 Å². The van der Waals surface area contributed by atoms with Crippen LogP contribution < -0.4 is 0 Å². The zero-order chi connectivity index (χ0) is 13.5. The third-order valence-electron chi connectivity index (χ3n) is 5.73. The summed E-state index contributed by atoms with van der Waals surface area (Å²) in [5.41, 5.74) is -0.770. The molecule has 0 aliphatic heterocycles. The molecule has 0 aromatic carbocycles. The molecule has 3 aliphatic carbocycles. The molecule has 3 nitrogen and oxygen atoms in total. The lowest BCUT2D eigenvalue weighted by atomic mass is 9.60. The van der Waals surface area contributed by atoms with Crippen LogP contribution in [0.1, 0.15) is 58.3 Å². The van der Waals surface area contributed by atoms with Crippen LogP contribution in [0.5, 0.6) is 0 Å². The summed E-state index contributed by atoms with van der Waals surface area (Å²) in [5, 5.41) is 0. The summed E-state index contributed by atoms with van der Waals surface area (Å²) in [6, 6.07) is 0. The average Bonchev–Trinajstić information content (AvgIpc) is 3.02. The summed E-state index contributed by atoms with van der Waals surface area (Å²) in [6.45, 7) is 2.22. The minimum Gasteiger partial charge on any atom is -0.465 e. The predicted molar refractivity (Wildman–Crippen MR) is 71.5 cm³/mol. The lowest BCUT2D eigenvalue weighted by Gasteiger charge is -2.41. The number of hydrogen-bond donors (Lipinski definition) is 0. The zero-order valence-corrected chi connectivity index (χ0v) is 11.8. The van der Waals surface area contributed by atoms with E-state index in [4.69, 9.17) is 4.74 Å². The largest absolute Gasteiger partial charge is 0.465 e. The van der Waals surface area contributed by atoms with Crippen molar-refractivity contribution in [2.24, 2.45) is 23.2 Å². The highest BCUT2D eigenvalue weighted by atomic mass is 16.5. The molecule has 106 valence electrons. The van der Waals surface area contributed by atoms with E-state index in [2.05, 4.69) is 0 Å². The van der Waals surface area contributed by atoms with Crippen molar-refractivity contribution >= 4 is 11.8 Å². The topological polar surface area (TPSA) is 43.4 Å². The number of ether oxygens (including phenoxy) is 1. The van der Waals surface area contributed by atoms with Crippen molar-refractivity contribution in [2.45, 2.75) is 58.3 Å². The van der Waals surface area contributed by atoms with Gasteiger partial charge in [0.2, 0.25) is 0 Å². The Morgan fingerprint density at radius 2 is 2.16 bits per heavy atom. The lowest BCUT2D eigenvalue weighted by Crippen LogP contribution is -2.50. The number of carbonyl (C=O) groups is 2. The highest BCUT2D eigenvalue weighted by Crippen LogP contribution is 2.58. The summed E-state index contributed by atoms with van der Waals surface area (Å²) in [4.78, 5) is 25.1. The van der Waals surface area contributed by atoms with E-state index in [1.807, 2.05) is 6.92 Å². The number of ketones is 1. The first-order valence-corrected chi connectivity index (χ1v) is 7.89. The van der Waals surface area contributed by atoms with E-state index >= 15 is 0 Å². The van der Waals surface area contributed by atoms with Gasteiger partial charge in [0.05, 0.1) is 6.61 Å². The highest BCUT2D eigenvalue weighted by molar-refractivity contribution is 6.04. The number of Topliss-reactive ketones (excluding diaryl/α,β-unsaturated/α-hetero) is 1. The second-order valence-electron chi connectivity index (χ2n) is 6.60. The fourth-order valence-corrected chi connectivity index (χ4v) is 4.92. The maximum absolute atomic E-state index is 12.6. The van der Waals surface area contributed by atoms with Gasteiger partial charge in [0.15, 0.2) is 0 Å². The minimum absolute atomic E-state index is 0.176. The maximum Gasteiger partial charge on any atom is 0.319 e. The van der Waals surface area contributed by atoms with Crippen molar-refractivity contribution in [1.29, 1.82) is 0 Å². The summed E-state index contributed by atoms with van der Waals surface area (Å²) < 4.78 is 5.32. The molecule has 0 aromatic rings. The third-order valence-corrected chi connectivity index (χ3v) is 5.73. The van der Waals surface area contributed by atoms with Crippen molar-refractivity contribution in [3.8, 4) is 0 Å². The van der Waals surface area contributed by atoms with E-state index in [0.717, 1.165) is 31.6 Å². The van der Waals surface area contributed by atoms with E-state index in [-0.39, 0.29) is 17.7 Å². The molecule has 4 atom stereocenters. The van der Waals surface area contributed by atoms with Gasteiger partial charge < -0.3 is 4.74 Å². The van der Waals surface area contributed by atoms with E-state index in [9.17, 15) is 9.59 Å². The minimum atomic E-state index is -0.770. The Balaban J connectivity index is 1.91. The molecule has 3 aliphatic rings. The molecule has 0 amide bonds. The Labute approximate surface area is 115 Å². The Bertz CT molecular complexity index is 389. The number of carbonyl (C=O) groups excluding carboxylic acids is 2. The molecule has 0 saturated heterocycles. The van der Waals surface area contributed by atoms with Gasteiger partial charge in [-0.1, -0.05) is 12.8 Å². The van der Waals surface area contributed by atoms with E-state index in [0.29, 0.717) is 18.9 Å². The van der Waals surface area contributed by atoms with Crippen LogP contribution in [-0.2, 0) is 14.3 Å². The first kappa shape index (κ1) is 13.1. The van der Waals surface area contributed by atoms with Crippen molar-refractivity contribution in [3.63, 3.8) is 0 Å². The smallest absolute Gasteiger partial charge is 0.319 e. The number of fused-ring (bicyclic) bond motifs is 2. The molecule has 19 heavy (non-hydrogen) atoms. The Hall–Kier alpha value is -0.860. The molecule has 3 heteroatoms. The van der Waals surface area contributed by atoms with Crippen molar-refractivity contribution in [3.05, 3.63) is 0 Å². The Kier molecular flexibility index (Phi) is 3.40. The summed E-state index contributed by atoms with van der Waals surface area (Å²) in [6.07, 6.45) is 8.08. The Morgan fingerprint density at radius 3 is 2.74 bits per heavy atom. The zero-order valence-electron chi connectivity index (χ0n) is 11.8. The second-order valence-corrected chi connectivity index (χ2v) is 6.60. The van der Waals surface area contributed by atoms with Crippen LogP contribution in [-0.4, -0.2) is 18.4 Å². The molecule has 0 radical (unpaired) electrons. The molecular weight excluding hydrogens is 240 g/mol. The highest BCUT2D eigenvalue weighted by Gasteiger charge is 2.59. The fourth-order valence-electron chi connectivity index (χ4n) is 4.92. The van der Waals surface area contributed by atoms with Crippen LogP contribution in [0.3, 0.4) is 0 Å². The van der Waals surface area contributed by atoms with Crippen LogP contribution in [0.4, 0.5) is 0 Å². The van der Waals surface area contributed by atoms with Crippen LogP contribution in [0.15, 0.2) is 0 Å². The van der Waals surface area contributed by atoms with Crippen LogP contribution in [0, 0.1) is 23.2 Å². The molecule has 4 unspecified atom stereocenters. The van der Waals surface area contributed by atoms with Crippen molar-refractivity contribution in [1.82, 2.24) is 0 Å². The van der Waals surface area contributed by atoms with Crippen LogP contribution in [0.2, 0.25) is 0 Å². The number of rotatable bonds is 3. The predicted octanol–water partition coefficient (Wildman–Crippen LogP) is 3.12. The fraction of sp³-hybridized carbons (Fsp3) is 0.875. The summed E-state index contributed by atoms with van der Waals surface area (Å²) in [5.74, 6) is 1.59. The van der Waals surface area contributed by atoms with Gasteiger partial charge >= 0.3 is 5.97 Å². The quantitative estimate of drug-likeness (QED) is 0.581. The normalized spacial score (nSPS) is 41.5. The molecule has 0 heterocycles. The van der Waals surface area contributed by atoms with Gasteiger partial charge in [-0.25, -0.2) is 0 Å². The molecule has 3 fully saturated rings. The first-order chi connectivity index (χ1) is 9.18. The molecule has 0 aromatic heterocycles. The number of hydrogen-bond acceptors (Lipinski definition) is 3. The molecule has 3 saturated carbocycles. The van der Waals surface area contributed by atoms with Crippen molar-refractivity contribution in [2.75, 3.05) is 6.61 Å². The SMILES string of the molecule is CCOC(=O)C1(C2CC3CCC2C3)CCCCC1=O. The molecular formula is C16H24O3. The molecule has 2 bridgehead atoms. The number of esters is 1. The van der Waals surface area contributed by atoms with E-state index < -0.39 is 5.41 Å². The summed E-state index contributed by atoms with van der Waals surface area (Å²) in [7, 11) is 0. The van der Waals surface area contributed by atoms with Gasteiger partial charge in [-0.3, -0.25) is 9.59 Å². The Morgan fingerprint density at radius 1 is 1.32 bits per heavy atom. The first-order valence-electron chi connectivity index (χ1n) is 7.89. The van der Waals surface area contributed by atoms with Gasteiger partial charge in [-0.05, 0) is 56.8 Å². The molecule has 3 rings (SSSR count). The lowest BCUT2D eigenvalue weighted by molar-refractivity contribution is -0.168. The standard InChI is InChI=1S/C16H24O3/c1-2-19-15(18)16(8-4-3-5-14(16)17)13-10-11-6-7-12(13)9-11/h11-13H,2-10H2,1H3. The van der Waals surface area contributed by atoms with Gasteiger partial charge in [0.25, 0.3) is 0 Å². The maximum atomic E-state index is 12.6. The monoisotopic (exact) mass is 264 g/mol. The van der Waals surface area contributed by atoms with Gasteiger partial charge in [-0.2, -0.15) is 0 Å². The average molecular weight is 264 g/mol. The molecule has 0 N–H and O–H groups in total. The van der Waals surface area contributed by atoms with E-state index in [1.165, 1.54) is 19.3 Å². The van der Waals surface area contributed by atoms with Gasteiger partial charge in [0.1, 0.15) is 11.2 Å². The third kappa shape index (κ3) is 1.93. The van der Waals surface area contributed by atoms with Gasteiger partial charge in [-0.15, -0.1) is 0 Å². The summed E-state index contributed by atoms with van der Waals surface area (Å²) >= 11 is 0. The van der Waals surface area contributed by atoms with E-state index in [1.54, 1.807) is 0 Å². The van der Waals surface area contributed by atoms with Crippen LogP contribution >= 0.6 is 0 Å². The molecule has 0 spiro atoms. The van der Waals surface area contributed by atoms with Crippen LogP contribution in [0.25, 0.3) is 0 Å². The second kappa shape index (κ2) is 4.92. The van der Waals surface area contributed by atoms with Crippen molar-refractivity contribution < 1.29 is 14.3 Å².